The fraction of sp³-hybridized carbons (Fsp3) is 0. The van der Waals surface area contributed by atoms with Crippen LogP contribution in [0.15, 0.2) is 152 Å². The monoisotopic (exact) mass is 521 g/mol. The number of hydrogen-bond acceptors (Lipinski definition) is 1. The van der Waals surface area contributed by atoms with Crippen molar-refractivity contribution in [1.29, 1.82) is 0 Å². The van der Waals surface area contributed by atoms with Crippen LogP contribution in [0.5, 0.6) is 0 Å². The number of fused-ring (bicyclic) bond motifs is 3. The highest BCUT2D eigenvalue weighted by molar-refractivity contribution is 6.22. The van der Waals surface area contributed by atoms with Crippen molar-refractivity contribution in [3.8, 4) is 66.8 Å². The molecule has 0 atom stereocenters. The van der Waals surface area contributed by atoms with E-state index in [1.54, 1.807) is 0 Å². The molecular weight excluding hydrogens is 494 g/mol. The zero-order valence-electron chi connectivity index (χ0n) is 22.5. The molecule has 0 aromatic heterocycles. The Morgan fingerprint density at radius 1 is 0.317 bits per heavy atom. The molecule has 0 fully saturated rings. The fourth-order valence-electron chi connectivity index (χ4n) is 6.55. The standard InChI is InChI=1S/C40H27N/c41-32-20-8-18-30(24-32)29-17-7-19-31(23-29)36-25-35(26-11-3-1-4-12-26)39-33-21-9-15-27-16-10-22-34(37(27)33)40(39)38(36)28-13-5-2-6-14-28/h1-25H,41H2. The second-order valence-corrected chi connectivity index (χ2v) is 10.7. The molecule has 7 aromatic rings. The van der Waals surface area contributed by atoms with E-state index in [-0.39, 0.29) is 0 Å². The molecule has 0 saturated heterocycles. The van der Waals surface area contributed by atoms with Gasteiger partial charge in [-0.1, -0.05) is 127 Å². The van der Waals surface area contributed by atoms with Crippen LogP contribution in [0.25, 0.3) is 77.5 Å². The minimum atomic E-state index is 0.771. The van der Waals surface area contributed by atoms with Crippen molar-refractivity contribution < 1.29 is 0 Å². The molecule has 0 unspecified atom stereocenters. The summed E-state index contributed by atoms with van der Waals surface area (Å²) >= 11 is 0. The molecule has 1 nitrogen and oxygen atoms in total. The highest BCUT2D eigenvalue weighted by atomic mass is 14.5. The first-order chi connectivity index (χ1) is 20.3. The summed E-state index contributed by atoms with van der Waals surface area (Å²) in [6.45, 7) is 0. The molecule has 192 valence electrons. The van der Waals surface area contributed by atoms with Crippen LogP contribution >= 0.6 is 0 Å². The molecule has 1 heteroatoms. The van der Waals surface area contributed by atoms with Crippen LogP contribution in [0.3, 0.4) is 0 Å². The van der Waals surface area contributed by atoms with E-state index in [2.05, 4.69) is 133 Å². The average molecular weight is 522 g/mol. The van der Waals surface area contributed by atoms with Crippen molar-refractivity contribution in [2.75, 3.05) is 5.73 Å². The van der Waals surface area contributed by atoms with Crippen LogP contribution in [-0.4, -0.2) is 0 Å². The maximum atomic E-state index is 6.17. The Labute approximate surface area is 240 Å². The van der Waals surface area contributed by atoms with Gasteiger partial charge in [0.1, 0.15) is 0 Å². The van der Waals surface area contributed by atoms with E-state index in [1.165, 1.54) is 66.4 Å². The van der Waals surface area contributed by atoms with Gasteiger partial charge in [-0.25, -0.2) is 0 Å². The van der Waals surface area contributed by atoms with Gasteiger partial charge in [0.25, 0.3) is 0 Å². The summed E-state index contributed by atoms with van der Waals surface area (Å²) in [5.74, 6) is 0. The number of nitrogen functional groups attached to an aromatic ring is 1. The van der Waals surface area contributed by atoms with Crippen molar-refractivity contribution >= 4 is 16.5 Å². The van der Waals surface area contributed by atoms with Gasteiger partial charge in [-0.05, 0) is 102 Å². The Morgan fingerprint density at radius 3 is 1.56 bits per heavy atom. The van der Waals surface area contributed by atoms with E-state index in [1.807, 2.05) is 18.2 Å². The van der Waals surface area contributed by atoms with Crippen LogP contribution in [0.4, 0.5) is 5.69 Å². The molecule has 8 rings (SSSR count). The highest BCUT2D eigenvalue weighted by Crippen LogP contribution is 2.57. The Bertz CT molecular complexity index is 2080. The number of hydrogen-bond donors (Lipinski definition) is 1. The summed E-state index contributed by atoms with van der Waals surface area (Å²) in [6.07, 6.45) is 0. The first-order valence-electron chi connectivity index (χ1n) is 14.1. The van der Waals surface area contributed by atoms with Crippen molar-refractivity contribution in [3.05, 3.63) is 152 Å². The van der Waals surface area contributed by atoms with Gasteiger partial charge in [0.2, 0.25) is 0 Å². The second-order valence-electron chi connectivity index (χ2n) is 10.7. The molecular formula is C40H27N. The van der Waals surface area contributed by atoms with E-state index in [4.69, 9.17) is 5.73 Å². The zero-order valence-corrected chi connectivity index (χ0v) is 22.5. The molecule has 7 aromatic carbocycles. The van der Waals surface area contributed by atoms with Gasteiger partial charge in [-0.2, -0.15) is 0 Å². The smallest absolute Gasteiger partial charge is 0.0320 e. The lowest BCUT2D eigenvalue weighted by atomic mass is 9.82. The minimum Gasteiger partial charge on any atom is -0.399 e. The number of benzene rings is 7. The molecule has 0 aliphatic heterocycles. The predicted octanol–water partition coefficient (Wildman–Crippen LogP) is 10.7. The third kappa shape index (κ3) is 3.78. The predicted molar refractivity (Wildman–Crippen MR) is 175 cm³/mol. The molecule has 2 N–H and O–H groups in total. The molecule has 0 radical (unpaired) electrons. The van der Waals surface area contributed by atoms with Crippen LogP contribution < -0.4 is 5.73 Å². The summed E-state index contributed by atoms with van der Waals surface area (Å²) < 4.78 is 0. The number of anilines is 1. The summed E-state index contributed by atoms with van der Waals surface area (Å²) in [5, 5.41) is 2.62. The largest absolute Gasteiger partial charge is 0.399 e. The first-order valence-corrected chi connectivity index (χ1v) is 14.1. The Balaban J connectivity index is 1.51. The second kappa shape index (κ2) is 9.36. The maximum Gasteiger partial charge on any atom is 0.0320 e. The molecule has 1 aliphatic rings. The first kappa shape index (κ1) is 23.5. The van der Waals surface area contributed by atoms with Gasteiger partial charge in [-0.3, -0.25) is 0 Å². The van der Waals surface area contributed by atoms with E-state index in [0.717, 1.165) is 16.8 Å². The van der Waals surface area contributed by atoms with Crippen LogP contribution in [-0.2, 0) is 0 Å². The summed E-state index contributed by atoms with van der Waals surface area (Å²) in [6, 6.07) is 54.5. The van der Waals surface area contributed by atoms with Gasteiger partial charge in [-0.15, -0.1) is 0 Å². The van der Waals surface area contributed by atoms with Gasteiger partial charge in [0, 0.05) is 5.69 Å². The lowest BCUT2D eigenvalue weighted by molar-refractivity contribution is 1.55. The Hall–Kier alpha value is -5.40. The lowest BCUT2D eigenvalue weighted by Gasteiger charge is -2.21. The van der Waals surface area contributed by atoms with Crippen molar-refractivity contribution in [1.82, 2.24) is 0 Å². The molecule has 41 heavy (non-hydrogen) atoms. The molecule has 0 bridgehead atoms. The molecule has 1 aliphatic carbocycles. The van der Waals surface area contributed by atoms with Crippen LogP contribution in [0.2, 0.25) is 0 Å². The summed E-state index contributed by atoms with van der Waals surface area (Å²) in [4.78, 5) is 0. The molecule has 0 heterocycles. The highest BCUT2D eigenvalue weighted by Gasteiger charge is 2.30. The molecule has 0 amide bonds. The number of nitrogens with two attached hydrogens (primary N) is 1. The summed E-state index contributed by atoms with van der Waals surface area (Å²) in [7, 11) is 0. The molecule has 0 spiro atoms. The maximum absolute atomic E-state index is 6.17. The SMILES string of the molecule is Nc1cccc(-c2cccc(-c3cc(-c4ccccc4)c4c(c3-c3ccccc3)-c3cccc5cccc-4c35)c2)c1. The third-order valence-electron chi connectivity index (χ3n) is 8.31. The lowest BCUT2D eigenvalue weighted by Crippen LogP contribution is -1.95. The minimum absolute atomic E-state index is 0.771. The fourth-order valence-corrected chi connectivity index (χ4v) is 6.55. The quantitative estimate of drug-likeness (QED) is 0.229. The van der Waals surface area contributed by atoms with Gasteiger partial charge in [0.15, 0.2) is 0 Å². The van der Waals surface area contributed by atoms with Crippen LogP contribution in [0, 0.1) is 0 Å². The average Bonchev–Trinajstić information content (AvgIpc) is 3.37. The molecule has 0 saturated carbocycles. The number of rotatable bonds is 4. The van der Waals surface area contributed by atoms with E-state index in [9.17, 15) is 0 Å². The summed E-state index contributed by atoms with van der Waals surface area (Å²) in [5.41, 5.74) is 21.8. The Kier molecular flexibility index (Phi) is 5.36. The zero-order chi connectivity index (χ0) is 27.3. The van der Waals surface area contributed by atoms with Gasteiger partial charge < -0.3 is 5.73 Å². The van der Waals surface area contributed by atoms with Gasteiger partial charge >= 0.3 is 0 Å². The van der Waals surface area contributed by atoms with E-state index >= 15 is 0 Å². The van der Waals surface area contributed by atoms with Crippen molar-refractivity contribution in [2.24, 2.45) is 0 Å². The van der Waals surface area contributed by atoms with Crippen LogP contribution in [0.1, 0.15) is 0 Å². The van der Waals surface area contributed by atoms with E-state index < -0.39 is 0 Å². The third-order valence-corrected chi connectivity index (χ3v) is 8.31. The van der Waals surface area contributed by atoms with E-state index in [0.29, 0.717) is 0 Å². The topological polar surface area (TPSA) is 26.0 Å². The Morgan fingerprint density at radius 2 is 0.854 bits per heavy atom. The van der Waals surface area contributed by atoms with Gasteiger partial charge in [0.05, 0.1) is 0 Å². The van der Waals surface area contributed by atoms with Crippen molar-refractivity contribution in [2.45, 2.75) is 0 Å². The normalized spacial score (nSPS) is 11.5. The van der Waals surface area contributed by atoms with Crippen molar-refractivity contribution in [3.63, 3.8) is 0 Å².